The zero-order chi connectivity index (χ0) is 24.2. The van der Waals surface area contributed by atoms with Gasteiger partial charge in [-0.15, -0.1) is 0 Å². The number of aromatic nitrogens is 2. The van der Waals surface area contributed by atoms with Crippen molar-refractivity contribution in [3.8, 4) is 6.07 Å². The van der Waals surface area contributed by atoms with Crippen LogP contribution in [-0.2, 0) is 22.6 Å². The van der Waals surface area contributed by atoms with Gasteiger partial charge in [-0.2, -0.15) is 5.26 Å². The molecule has 4 rings (SSSR count). The molecule has 2 heterocycles. The number of halogens is 1. The third-order valence-corrected chi connectivity index (χ3v) is 6.09. The zero-order valence-corrected chi connectivity index (χ0v) is 18.8. The number of aryl methyl sites for hydroxylation is 1. The number of fused-ring (bicyclic) bond motifs is 1. The van der Waals surface area contributed by atoms with Crippen molar-refractivity contribution in [3.63, 3.8) is 0 Å². The van der Waals surface area contributed by atoms with Gasteiger partial charge in [0.2, 0.25) is 5.91 Å². The number of carbonyl (C=O) groups is 2. The summed E-state index contributed by atoms with van der Waals surface area (Å²) in [6.07, 6.45) is 1.82. The second kappa shape index (κ2) is 9.83. The Labute approximate surface area is 195 Å². The highest BCUT2D eigenvalue weighted by Gasteiger charge is 2.19. The molecule has 0 saturated carbocycles. The number of Topliss-reactive ketones (excluding diaryl/α,β-unsaturated/α-hetero) is 1. The number of hydrogen-bond donors (Lipinski definition) is 0. The van der Waals surface area contributed by atoms with Gasteiger partial charge in [-0.3, -0.25) is 19.0 Å². The predicted octanol–water partition coefficient (Wildman–Crippen LogP) is 2.28. The molecule has 1 amide bonds. The molecule has 0 bridgehead atoms. The Balaban J connectivity index is 1.45. The van der Waals surface area contributed by atoms with Gasteiger partial charge < -0.3 is 9.80 Å². The van der Waals surface area contributed by atoms with Gasteiger partial charge in [0.25, 0.3) is 5.56 Å². The molecule has 8 nitrogen and oxygen atoms in total. The smallest absolute Gasteiger partial charge is 0.261 e. The van der Waals surface area contributed by atoms with Crippen molar-refractivity contribution in [3.05, 3.63) is 70.0 Å². The molecule has 9 heteroatoms. The lowest BCUT2D eigenvalue weighted by Gasteiger charge is -2.35. The van der Waals surface area contributed by atoms with Crippen molar-refractivity contribution in [2.45, 2.75) is 26.3 Å². The van der Waals surface area contributed by atoms with Crippen LogP contribution in [0.1, 0.15) is 24.5 Å². The Kier molecular flexibility index (Phi) is 6.68. The minimum Gasteiger partial charge on any atom is -0.368 e. The van der Waals surface area contributed by atoms with Gasteiger partial charge in [0, 0.05) is 45.2 Å². The van der Waals surface area contributed by atoms with Crippen LogP contribution in [0.5, 0.6) is 0 Å². The number of carbonyl (C=O) groups excluding carboxylic acids is 2. The summed E-state index contributed by atoms with van der Waals surface area (Å²) in [4.78, 5) is 45.4. The summed E-state index contributed by atoms with van der Waals surface area (Å²) >= 11 is 0. The summed E-state index contributed by atoms with van der Waals surface area (Å²) < 4.78 is 15.1. The molecule has 2 aromatic carbocycles. The van der Waals surface area contributed by atoms with E-state index in [0.717, 1.165) is 5.69 Å². The summed E-state index contributed by atoms with van der Waals surface area (Å²) in [5.74, 6) is -0.732. The lowest BCUT2D eigenvalue weighted by atomic mass is 10.1. The fourth-order valence-electron chi connectivity index (χ4n) is 4.09. The van der Waals surface area contributed by atoms with E-state index in [0.29, 0.717) is 49.1 Å². The second-order valence-corrected chi connectivity index (χ2v) is 8.34. The van der Waals surface area contributed by atoms with Crippen LogP contribution < -0.4 is 10.5 Å². The summed E-state index contributed by atoms with van der Waals surface area (Å²) in [5.41, 5.74) is 1.70. The Morgan fingerprint density at radius 3 is 2.56 bits per heavy atom. The SMILES string of the molecule is CC(=O)N1CCN(c2ccc3ncn(CC(=O)CCc4ccc(C#N)c(F)c4)c(=O)c3c2)CC1. The molecule has 1 aliphatic heterocycles. The number of benzene rings is 2. The van der Waals surface area contributed by atoms with E-state index >= 15 is 0 Å². The van der Waals surface area contributed by atoms with E-state index in [2.05, 4.69) is 9.88 Å². The Morgan fingerprint density at radius 1 is 1.12 bits per heavy atom. The largest absolute Gasteiger partial charge is 0.368 e. The van der Waals surface area contributed by atoms with E-state index in [1.165, 1.54) is 23.0 Å². The number of nitriles is 1. The average Bonchev–Trinajstić information content (AvgIpc) is 2.84. The lowest BCUT2D eigenvalue weighted by Crippen LogP contribution is -2.48. The number of rotatable bonds is 6. The second-order valence-electron chi connectivity index (χ2n) is 8.34. The average molecular weight is 461 g/mol. The number of amides is 1. The molecular weight excluding hydrogens is 437 g/mol. The molecule has 0 unspecified atom stereocenters. The van der Waals surface area contributed by atoms with E-state index in [4.69, 9.17) is 5.26 Å². The molecule has 1 aliphatic rings. The number of hydrogen-bond acceptors (Lipinski definition) is 6. The minimum absolute atomic E-state index is 0.0380. The van der Waals surface area contributed by atoms with Crippen LogP contribution >= 0.6 is 0 Å². The molecule has 3 aromatic rings. The van der Waals surface area contributed by atoms with E-state index in [1.54, 1.807) is 36.1 Å². The zero-order valence-electron chi connectivity index (χ0n) is 18.8. The van der Waals surface area contributed by atoms with Gasteiger partial charge in [-0.05, 0) is 42.3 Å². The van der Waals surface area contributed by atoms with Crippen LogP contribution in [0, 0.1) is 17.1 Å². The van der Waals surface area contributed by atoms with Crippen LogP contribution in [-0.4, -0.2) is 52.3 Å². The van der Waals surface area contributed by atoms with Crippen molar-refractivity contribution < 1.29 is 14.0 Å². The fourth-order valence-corrected chi connectivity index (χ4v) is 4.09. The molecule has 0 aliphatic carbocycles. The van der Waals surface area contributed by atoms with Gasteiger partial charge in [-0.1, -0.05) is 6.07 Å². The molecule has 0 atom stereocenters. The van der Waals surface area contributed by atoms with E-state index < -0.39 is 5.82 Å². The van der Waals surface area contributed by atoms with E-state index in [9.17, 15) is 18.8 Å². The summed E-state index contributed by atoms with van der Waals surface area (Å²) in [7, 11) is 0. The first kappa shape index (κ1) is 23.1. The highest BCUT2D eigenvalue weighted by molar-refractivity contribution is 5.83. The third-order valence-electron chi connectivity index (χ3n) is 6.09. The standard InChI is InChI=1S/C25H24FN5O3/c1-17(32)29-8-10-30(11-9-29)20-5-7-24-22(13-20)25(34)31(16-28-24)15-21(33)6-3-18-2-4-19(14-27)23(26)12-18/h2,4-5,7,12-13,16H,3,6,8-11,15H2,1H3. The number of ketones is 1. The maximum absolute atomic E-state index is 13.8. The number of piperazine rings is 1. The highest BCUT2D eigenvalue weighted by Crippen LogP contribution is 2.20. The monoisotopic (exact) mass is 461 g/mol. The van der Waals surface area contributed by atoms with Crippen LogP contribution in [0.3, 0.4) is 0 Å². The van der Waals surface area contributed by atoms with Crippen molar-refractivity contribution in [1.29, 1.82) is 5.26 Å². The Bertz CT molecular complexity index is 1350. The van der Waals surface area contributed by atoms with Gasteiger partial charge >= 0.3 is 0 Å². The summed E-state index contributed by atoms with van der Waals surface area (Å²) in [5, 5.41) is 9.24. The number of anilines is 1. The Morgan fingerprint density at radius 2 is 1.88 bits per heavy atom. The molecule has 1 fully saturated rings. The lowest BCUT2D eigenvalue weighted by molar-refractivity contribution is -0.129. The maximum Gasteiger partial charge on any atom is 0.261 e. The maximum atomic E-state index is 13.8. The van der Waals surface area contributed by atoms with Gasteiger partial charge in [0.15, 0.2) is 5.78 Å². The molecule has 0 N–H and O–H groups in total. The van der Waals surface area contributed by atoms with Gasteiger partial charge in [0.1, 0.15) is 11.9 Å². The predicted molar refractivity (Wildman–Crippen MR) is 125 cm³/mol. The third kappa shape index (κ3) is 4.96. The van der Waals surface area contributed by atoms with Crippen molar-refractivity contribution in [2.24, 2.45) is 0 Å². The van der Waals surface area contributed by atoms with Crippen molar-refractivity contribution >= 4 is 28.3 Å². The topological polar surface area (TPSA) is 99.3 Å². The molecule has 1 saturated heterocycles. The van der Waals surface area contributed by atoms with Crippen LogP contribution in [0.25, 0.3) is 10.9 Å². The molecule has 34 heavy (non-hydrogen) atoms. The first-order valence-corrected chi connectivity index (χ1v) is 11.1. The molecule has 0 spiro atoms. The van der Waals surface area contributed by atoms with Crippen molar-refractivity contribution in [1.82, 2.24) is 14.5 Å². The summed E-state index contributed by atoms with van der Waals surface area (Å²) in [6, 6.07) is 11.5. The highest BCUT2D eigenvalue weighted by atomic mass is 19.1. The normalized spacial score (nSPS) is 13.7. The van der Waals surface area contributed by atoms with Crippen LogP contribution in [0.2, 0.25) is 0 Å². The van der Waals surface area contributed by atoms with E-state index in [1.807, 2.05) is 6.07 Å². The minimum atomic E-state index is -0.610. The van der Waals surface area contributed by atoms with Gasteiger partial charge in [-0.25, -0.2) is 9.37 Å². The molecule has 174 valence electrons. The Hall–Kier alpha value is -4.06. The quantitative estimate of drug-likeness (QED) is 0.559. The van der Waals surface area contributed by atoms with Gasteiger partial charge in [0.05, 0.1) is 29.3 Å². The first-order chi connectivity index (χ1) is 16.4. The first-order valence-electron chi connectivity index (χ1n) is 11.1. The summed E-state index contributed by atoms with van der Waals surface area (Å²) in [6.45, 7) is 4.04. The molecule has 0 radical (unpaired) electrons. The number of nitrogens with zero attached hydrogens (tertiary/aromatic N) is 5. The molecular formula is C25H24FN5O3. The van der Waals surface area contributed by atoms with Crippen molar-refractivity contribution in [2.75, 3.05) is 31.1 Å². The fraction of sp³-hybridized carbons (Fsp3) is 0.320. The van der Waals surface area contributed by atoms with Crippen LogP contribution in [0.4, 0.5) is 10.1 Å². The van der Waals surface area contributed by atoms with E-state index in [-0.39, 0.29) is 35.8 Å². The van der Waals surface area contributed by atoms with Crippen LogP contribution in [0.15, 0.2) is 47.5 Å². The molecule has 1 aromatic heterocycles.